The normalized spacial score (nSPS) is 13.1. The number of hydrogen-bond acceptors (Lipinski definition) is 3. The molecule has 0 atom stereocenters. The van der Waals surface area contributed by atoms with Crippen molar-refractivity contribution in [3.8, 4) is 0 Å². The monoisotopic (exact) mass is 223 g/mol. The van der Waals surface area contributed by atoms with Crippen molar-refractivity contribution in [2.75, 3.05) is 12.4 Å². The van der Waals surface area contributed by atoms with Gasteiger partial charge in [-0.05, 0) is 33.6 Å². The minimum absolute atomic E-state index is 0.0719. The largest absolute Gasteiger partial charge is 0.376 e. The van der Waals surface area contributed by atoms with Gasteiger partial charge in [0.25, 0.3) is 0 Å². The van der Waals surface area contributed by atoms with Crippen LogP contribution in [0.2, 0.25) is 0 Å². The summed E-state index contributed by atoms with van der Waals surface area (Å²) in [6, 6.07) is 0. The van der Waals surface area contributed by atoms with Gasteiger partial charge in [-0.3, -0.25) is 0 Å². The summed E-state index contributed by atoms with van der Waals surface area (Å²) in [4.78, 5) is 0. The summed E-state index contributed by atoms with van der Waals surface area (Å²) in [6.07, 6.45) is 2.34. The summed E-state index contributed by atoms with van der Waals surface area (Å²) < 4.78 is 26.6. The molecule has 0 saturated heterocycles. The van der Waals surface area contributed by atoms with Crippen molar-refractivity contribution in [3.63, 3.8) is 0 Å². The van der Waals surface area contributed by atoms with Crippen molar-refractivity contribution in [1.82, 2.24) is 0 Å². The number of unbranched alkanes of at least 4 members (excludes halogenated alkanes) is 2. The lowest BCUT2D eigenvalue weighted by molar-refractivity contribution is -0.00459. The highest BCUT2D eigenvalue weighted by molar-refractivity contribution is 7.89. The molecule has 0 fully saturated rings. The Balaban J connectivity index is 3.32. The van der Waals surface area contributed by atoms with Gasteiger partial charge in [-0.25, -0.2) is 13.6 Å². The minimum atomic E-state index is -3.28. The number of nitrogens with two attached hydrogens (primary N) is 1. The number of ether oxygens (including phenoxy) is 1. The highest BCUT2D eigenvalue weighted by Gasteiger charge is 2.09. The number of rotatable bonds is 6. The third-order valence-electron chi connectivity index (χ3n) is 1.61. The molecule has 0 saturated carbocycles. The fourth-order valence-electron chi connectivity index (χ4n) is 0.960. The van der Waals surface area contributed by atoms with E-state index in [1.165, 1.54) is 0 Å². The molecule has 0 rings (SSSR count). The van der Waals surface area contributed by atoms with Crippen molar-refractivity contribution in [1.29, 1.82) is 0 Å². The summed E-state index contributed by atoms with van der Waals surface area (Å²) in [7, 11) is -3.28. The van der Waals surface area contributed by atoms with Gasteiger partial charge in [0, 0.05) is 6.61 Å². The van der Waals surface area contributed by atoms with E-state index in [9.17, 15) is 8.42 Å². The second-order valence-electron chi connectivity index (χ2n) is 4.39. The van der Waals surface area contributed by atoms with Crippen LogP contribution in [0.5, 0.6) is 0 Å². The molecule has 0 unspecified atom stereocenters. The van der Waals surface area contributed by atoms with E-state index >= 15 is 0 Å². The summed E-state index contributed by atoms with van der Waals surface area (Å²) in [6.45, 7) is 6.67. The molecule has 86 valence electrons. The van der Waals surface area contributed by atoms with Crippen molar-refractivity contribution in [3.05, 3.63) is 0 Å². The molecule has 0 aromatic carbocycles. The smallest absolute Gasteiger partial charge is 0.209 e. The average Bonchev–Trinajstić information content (AvgIpc) is 1.92. The third-order valence-corrected chi connectivity index (χ3v) is 2.47. The van der Waals surface area contributed by atoms with Gasteiger partial charge in [-0.1, -0.05) is 6.42 Å². The first-order chi connectivity index (χ1) is 6.21. The zero-order chi connectivity index (χ0) is 11.2. The number of hydrogen-bond donors (Lipinski definition) is 1. The van der Waals surface area contributed by atoms with E-state index in [1.54, 1.807) is 0 Å². The van der Waals surface area contributed by atoms with Crippen molar-refractivity contribution in [2.45, 2.75) is 45.6 Å². The third kappa shape index (κ3) is 11.9. The van der Waals surface area contributed by atoms with Crippen LogP contribution in [0.1, 0.15) is 40.0 Å². The number of sulfonamides is 1. The van der Waals surface area contributed by atoms with Crippen LogP contribution in [0.4, 0.5) is 0 Å². The molecule has 2 N–H and O–H groups in total. The zero-order valence-corrected chi connectivity index (χ0v) is 10.1. The van der Waals surface area contributed by atoms with Gasteiger partial charge in [-0.2, -0.15) is 0 Å². The van der Waals surface area contributed by atoms with Crippen LogP contribution in [0.15, 0.2) is 0 Å². The average molecular weight is 223 g/mol. The molecular formula is C9H21NO3S. The molecule has 0 radical (unpaired) electrons. The van der Waals surface area contributed by atoms with Crippen LogP contribution in [0.3, 0.4) is 0 Å². The molecule has 0 amide bonds. The fourth-order valence-corrected chi connectivity index (χ4v) is 1.57. The molecule has 0 heterocycles. The van der Waals surface area contributed by atoms with E-state index in [4.69, 9.17) is 9.88 Å². The van der Waals surface area contributed by atoms with E-state index in [-0.39, 0.29) is 11.4 Å². The molecule has 4 nitrogen and oxygen atoms in total. The summed E-state index contributed by atoms with van der Waals surface area (Å²) in [5, 5.41) is 4.86. The van der Waals surface area contributed by atoms with Gasteiger partial charge >= 0.3 is 0 Å². The lowest BCUT2D eigenvalue weighted by Crippen LogP contribution is -2.20. The maximum atomic E-state index is 10.6. The van der Waals surface area contributed by atoms with Crippen LogP contribution < -0.4 is 5.14 Å². The molecule has 0 aromatic rings. The molecular weight excluding hydrogens is 202 g/mol. The van der Waals surface area contributed by atoms with Gasteiger partial charge in [0.15, 0.2) is 0 Å². The predicted molar refractivity (Wildman–Crippen MR) is 57.5 cm³/mol. The Labute approximate surface area is 86.9 Å². The first-order valence-electron chi connectivity index (χ1n) is 4.85. The van der Waals surface area contributed by atoms with E-state index in [1.807, 2.05) is 20.8 Å². The standard InChI is InChI=1S/C9H21NO3S/c1-9(2,3)13-7-5-4-6-8-14(10,11)12/h4-8H2,1-3H3,(H2,10,11,12). The van der Waals surface area contributed by atoms with Gasteiger partial charge in [0.1, 0.15) is 0 Å². The lowest BCUT2D eigenvalue weighted by Gasteiger charge is -2.19. The number of primary sulfonamides is 1. The van der Waals surface area contributed by atoms with Crippen molar-refractivity contribution in [2.24, 2.45) is 5.14 Å². The molecule has 0 aliphatic carbocycles. The second-order valence-corrected chi connectivity index (χ2v) is 6.12. The summed E-state index contributed by atoms with van der Waals surface area (Å²) >= 11 is 0. The fraction of sp³-hybridized carbons (Fsp3) is 1.00. The van der Waals surface area contributed by atoms with E-state index in [2.05, 4.69) is 0 Å². The first kappa shape index (κ1) is 13.9. The van der Waals surface area contributed by atoms with Crippen LogP contribution in [-0.2, 0) is 14.8 Å². The Hall–Kier alpha value is -0.130. The predicted octanol–water partition coefficient (Wildman–Crippen LogP) is 1.26. The van der Waals surface area contributed by atoms with Crippen LogP contribution >= 0.6 is 0 Å². The quantitative estimate of drug-likeness (QED) is 0.689. The molecule has 0 spiro atoms. The Morgan fingerprint density at radius 3 is 2.14 bits per heavy atom. The molecule has 14 heavy (non-hydrogen) atoms. The highest BCUT2D eigenvalue weighted by atomic mass is 32.2. The molecule has 0 bridgehead atoms. The van der Waals surface area contributed by atoms with E-state index < -0.39 is 10.0 Å². The maximum Gasteiger partial charge on any atom is 0.209 e. The molecule has 0 aromatic heterocycles. The van der Waals surface area contributed by atoms with Gasteiger partial charge in [0.05, 0.1) is 11.4 Å². The topological polar surface area (TPSA) is 69.4 Å². The Bertz CT molecular complexity index is 241. The molecule has 0 aliphatic heterocycles. The van der Waals surface area contributed by atoms with Crippen LogP contribution in [0, 0.1) is 0 Å². The highest BCUT2D eigenvalue weighted by Crippen LogP contribution is 2.08. The van der Waals surface area contributed by atoms with Crippen molar-refractivity contribution >= 4 is 10.0 Å². The van der Waals surface area contributed by atoms with Crippen LogP contribution in [-0.4, -0.2) is 26.4 Å². The SMILES string of the molecule is CC(C)(C)OCCCCCS(N)(=O)=O. The van der Waals surface area contributed by atoms with Gasteiger partial charge in [0.2, 0.25) is 10.0 Å². The van der Waals surface area contributed by atoms with E-state index in [0.717, 1.165) is 12.8 Å². The zero-order valence-electron chi connectivity index (χ0n) is 9.25. The summed E-state index contributed by atoms with van der Waals surface area (Å²) in [5.41, 5.74) is -0.111. The Kier molecular flexibility index (Phi) is 5.63. The second kappa shape index (κ2) is 5.68. The minimum Gasteiger partial charge on any atom is -0.376 e. The van der Waals surface area contributed by atoms with Crippen LogP contribution in [0.25, 0.3) is 0 Å². The van der Waals surface area contributed by atoms with Crippen molar-refractivity contribution < 1.29 is 13.2 Å². The molecule has 5 heteroatoms. The molecule has 0 aliphatic rings. The van der Waals surface area contributed by atoms with Gasteiger partial charge < -0.3 is 4.74 Å². The maximum absolute atomic E-state index is 10.6. The Morgan fingerprint density at radius 2 is 1.71 bits per heavy atom. The Morgan fingerprint density at radius 1 is 1.14 bits per heavy atom. The summed E-state index contributed by atoms with van der Waals surface area (Å²) in [5.74, 6) is 0.0719. The van der Waals surface area contributed by atoms with E-state index in [0.29, 0.717) is 13.0 Å². The first-order valence-corrected chi connectivity index (χ1v) is 6.57. The van der Waals surface area contributed by atoms with Gasteiger partial charge in [-0.15, -0.1) is 0 Å². The lowest BCUT2D eigenvalue weighted by atomic mass is 10.2.